The number of nitrogens with zero attached hydrogens (tertiary/aromatic N) is 1. The van der Waals surface area contributed by atoms with Crippen molar-refractivity contribution >= 4 is 17.9 Å². The van der Waals surface area contributed by atoms with Crippen LogP contribution in [0.4, 0.5) is 4.79 Å². The van der Waals surface area contributed by atoms with E-state index in [0.717, 1.165) is 6.42 Å². The lowest BCUT2D eigenvalue weighted by molar-refractivity contribution is -0.140. The average molecular weight is 271 g/mol. The van der Waals surface area contributed by atoms with Crippen LogP contribution in [0.3, 0.4) is 0 Å². The smallest absolute Gasteiger partial charge is 0.328 e. The number of amides is 3. The Bertz CT molecular complexity index is 400. The van der Waals surface area contributed by atoms with Gasteiger partial charge in [0.1, 0.15) is 0 Å². The highest BCUT2D eigenvalue weighted by Gasteiger charge is 2.43. The van der Waals surface area contributed by atoms with Crippen LogP contribution >= 0.6 is 0 Å². The molecule has 0 spiro atoms. The summed E-state index contributed by atoms with van der Waals surface area (Å²) in [7, 11) is 0. The normalized spacial score (nSPS) is 27.4. The van der Waals surface area contributed by atoms with Crippen molar-refractivity contribution in [2.45, 2.75) is 24.9 Å². The molecule has 2 rings (SSSR count). The van der Waals surface area contributed by atoms with Crippen LogP contribution in [-0.4, -0.2) is 64.8 Å². The summed E-state index contributed by atoms with van der Waals surface area (Å²) < 4.78 is 0. The summed E-state index contributed by atoms with van der Waals surface area (Å²) in [5, 5.41) is 22.7. The molecule has 2 aliphatic rings. The standard InChI is InChI=1S/C11H17N3O5/c15-5-7(10(17)18)13-11(19)14-3-1-2-6-8(14)4-12-9(6)16/h6-8,15H,1-5H2,(H,12,16)(H,13,19)(H,17,18). The minimum atomic E-state index is -1.32. The van der Waals surface area contributed by atoms with E-state index < -0.39 is 24.6 Å². The maximum atomic E-state index is 12.0. The Labute approximate surface area is 109 Å². The number of aliphatic hydroxyl groups excluding tert-OH is 1. The number of hydrogen-bond donors (Lipinski definition) is 4. The molecule has 0 aromatic heterocycles. The van der Waals surface area contributed by atoms with Gasteiger partial charge < -0.3 is 25.7 Å². The first-order valence-corrected chi connectivity index (χ1v) is 6.23. The van der Waals surface area contributed by atoms with Crippen LogP contribution in [0.15, 0.2) is 0 Å². The first-order valence-electron chi connectivity index (χ1n) is 6.23. The maximum absolute atomic E-state index is 12.0. The number of urea groups is 1. The van der Waals surface area contributed by atoms with Crippen LogP contribution in [0, 0.1) is 5.92 Å². The van der Waals surface area contributed by atoms with Gasteiger partial charge in [0.25, 0.3) is 0 Å². The summed E-state index contributed by atoms with van der Waals surface area (Å²) >= 11 is 0. The summed E-state index contributed by atoms with van der Waals surface area (Å²) in [6, 6.07) is -2.10. The van der Waals surface area contributed by atoms with E-state index in [1.54, 1.807) is 0 Å². The highest BCUT2D eigenvalue weighted by molar-refractivity contribution is 5.86. The third kappa shape index (κ3) is 2.62. The Morgan fingerprint density at radius 3 is 2.89 bits per heavy atom. The first-order chi connectivity index (χ1) is 9.04. The van der Waals surface area contributed by atoms with Gasteiger partial charge in [-0.25, -0.2) is 9.59 Å². The quantitative estimate of drug-likeness (QED) is 0.490. The molecular formula is C11H17N3O5. The highest BCUT2D eigenvalue weighted by Crippen LogP contribution is 2.27. The Kier molecular flexibility index (Phi) is 3.89. The number of likely N-dealkylation sites (tertiary alicyclic amines) is 1. The third-order valence-corrected chi connectivity index (χ3v) is 3.64. The van der Waals surface area contributed by atoms with Crippen molar-refractivity contribution in [3.05, 3.63) is 0 Å². The van der Waals surface area contributed by atoms with Crippen LogP contribution in [-0.2, 0) is 9.59 Å². The summed E-state index contributed by atoms with van der Waals surface area (Å²) in [5.74, 6) is -1.55. The van der Waals surface area contributed by atoms with Gasteiger partial charge in [0.2, 0.25) is 5.91 Å². The van der Waals surface area contributed by atoms with Crippen LogP contribution in [0.1, 0.15) is 12.8 Å². The number of aliphatic carboxylic acids is 1. The second kappa shape index (κ2) is 5.43. The molecule has 0 saturated carbocycles. The van der Waals surface area contributed by atoms with Gasteiger partial charge in [0, 0.05) is 13.1 Å². The van der Waals surface area contributed by atoms with Crippen LogP contribution in [0.25, 0.3) is 0 Å². The zero-order valence-corrected chi connectivity index (χ0v) is 10.3. The zero-order valence-electron chi connectivity index (χ0n) is 10.3. The molecule has 3 unspecified atom stereocenters. The molecule has 2 heterocycles. The minimum Gasteiger partial charge on any atom is -0.480 e. The second-order valence-corrected chi connectivity index (χ2v) is 4.78. The lowest BCUT2D eigenvalue weighted by Gasteiger charge is -2.36. The number of hydrogen-bond acceptors (Lipinski definition) is 4. The van der Waals surface area contributed by atoms with E-state index in [9.17, 15) is 14.4 Å². The number of carbonyl (C=O) groups excluding carboxylic acids is 2. The second-order valence-electron chi connectivity index (χ2n) is 4.78. The topological polar surface area (TPSA) is 119 Å². The molecule has 3 atom stereocenters. The molecule has 106 valence electrons. The largest absolute Gasteiger partial charge is 0.480 e. The van der Waals surface area contributed by atoms with Crippen molar-refractivity contribution in [1.29, 1.82) is 0 Å². The van der Waals surface area contributed by atoms with Gasteiger partial charge in [0.05, 0.1) is 18.6 Å². The number of nitrogens with one attached hydrogen (secondary N) is 2. The van der Waals surface area contributed by atoms with E-state index in [0.29, 0.717) is 19.5 Å². The van der Waals surface area contributed by atoms with Crippen molar-refractivity contribution in [1.82, 2.24) is 15.5 Å². The monoisotopic (exact) mass is 271 g/mol. The van der Waals surface area contributed by atoms with Crippen molar-refractivity contribution < 1.29 is 24.6 Å². The van der Waals surface area contributed by atoms with E-state index in [1.807, 2.05) is 0 Å². The molecule has 2 aliphatic heterocycles. The highest BCUT2D eigenvalue weighted by atomic mass is 16.4. The summed E-state index contributed by atoms with van der Waals surface area (Å²) in [5.41, 5.74) is 0. The Balaban J connectivity index is 2.02. The molecule has 8 nitrogen and oxygen atoms in total. The average Bonchev–Trinajstić information content (AvgIpc) is 2.77. The molecule has 0 radical (unpaired) electrons. The number of carboxylic acids is 1. The Morgan fingerprint density at radius 1 is 1.53 bits per heavy atom. The zero-order chi connectivity index (χ0) is 14.0. The Morgan fingerprint density at radius 2 is 2.26 bits per heavy atom. The molecule has 2 fully saturated rings. The number of rotatable bonds is 3. The number of carboxylic acid groups (broad SMARTS) is 1. The molecule has 8 heteroatoms. The number of aliphatic hydroxyl groups is 1. The predicted molar refractivity (Wildman–Crippen MR) is 63.3 cm³/mol. The van der Waals surface area contributed by atoms with Gasteiger partial charge in [-0.15, -0.1) is 0 Å². The molecule has 0 bridgehead atoms. The van der Waals surface area contributed by atoms with Gasteiger partial charge in [-0.3, -0.25) is 4.79 Å². The van der Waals surface area contributed by atoms with Crippen LogP contribution in [0.2, 0.25) is 0 Å². The number of piperidine rings is 1. The molecule has 0 aromatic carbocycles. The van der Waals surface area contributed by atoms with Gasteiger partial charge in [0.15, 0.2) is 6.04 Å². The van der Waals surface area contributed by atoms with Crippen LogP contribution < -0.4 is 10.6 Å². The molecule has 19 heavy (non-hydrogen) atoms. The predicted octanol–water partition coefficient (Wildman–Crippen LogP) is -1.65. The fraction of sp³-hybridized carbons (Fsp3) is 0.727. The van der Waals surface area contributed by atoms with Gasteiger partial charge in [-0.2, -0.15) is 0 Å². The first kappa shape index (κ1) is 13.6. The third-order valence-electron chi connectivity index (χ3n) is 3.64. The summed E-state index contributed by atoms with van der Waals surface area (Å²) in [4.78, 5) is 35.8. The van der Waals surface area contributed by atoms with E-state index in [4.69, 9.17) is 10.2 Å². The molecule has 4 N–H and O–H groups in total. The fourth-order valence-electron chi connectivity index (χ4n) is 2.62. The minimum absolute atomic E-state index is 0.0561. The molecular weight excluding hydrogens is 254 g/mol. The molecule has 0 aromatic rings. The van der Waals surface area contributed by atoms with Crippen molar-refractivity contribution in [3.8, 4) is 0 Å². The molecule has 3 amide bonds. The Hall–Kier alpha value is -1.83. The van der Waals surface area contributed by atoms with E-state index in [1.165, 1.54) is 4.90 Å². The van der Waals surface area contributed by atoms with Gasteiger partial charge >= 0.3 is 12.0 Å². The van der Waals surface area contributed by atoms with Crippen LogP contribution in [0.5, 0.6) is 0 Å². The number of carbonyl (C=O) groups is 3. The van der Waals surface area contributed by atoms with Crippen molar-refractivity contribution in [2.75, 3.05) is 19.7 Å². The van der Waals surface area contributed by atoms with Gasteiger partial charge in [-0.05, 0) is 12.8 Å². The van der Waals surface area contributed by atoms with Crippen molar-refractivity contribution in [3.63, 3.8) is 0 Å². The van der Waals surface area contributed by atoms with Crippen molar-refractivity contribution in [2.24, 2.45) is 5.92 Å². The lowest BCUT2D eigenvalue weighted by Crippen LogP contribution is -2.56. The van der Waals surface area contributed by atoms with E-state index >= 15 is 0 Å². The fourth-order valence-corrected chi connectivity index (χ4v) is 2.62. The molecule has 2 saturated heterocycles. The lowest BCUT2D eigenvalue weighted by atomic mass is 9.92. The van der Waals surface area contributed by atoms with E-state index in [2.05, 4.69) is 10.6 Å². The SMILES string of the molecule is O=C(O)C(CO)NC(=O)N1CCCC2C(=O)NCC21. The van der Waals surface area contributed by atoms with E-state index in [-0.39, 0.29) is 17.9 Å². The summed E-state index contributed by atoms with van der Waals surface area (Å²) in [6.07, 6.45) is 1.45. The summed E-state index contributed by atoms with van der Waals surface area (Å²) in [6.45, 7) is 0.216. The molecule has 0 aliphatic carbocycles. The maximum Gasteiger partial charge on any atom is 0.328 e. The van der Waals surface area contributed by atoms with Gasteiger partial charge in [-0.1, -0.05) is 0 Å². The number of fused-ring (bicyclic) bond motifs is 1.